The zero-order valence-electron chi connectivity index (χ0n) is 11.8. The summed E-state index contributed by atoms with van der Waals surface area (Å²) < 4.78 is 4.63. The quantitative estimate of drug-likeness (QED) is 0.853. The van der Waals surface area contributed by atoms with Gasteiger partial charge in [-0.3, -0.25) is 4.79 Å². The lowest BCUT2D eigenvalue weighted by atomic mass is 10.0. The van der Waals surface area contributed by atoms with E-state index in [9.17, 15) is 4.79 Å². The van der Waals surface area contributed by atoms with Gasteiger partial charge >= 0.3 is 5.97 Å². The van der Waals surface area contributed by atoms with Crippen LogP contribution in [0.15, 0.2) is 29.6 Å². The highest BCUT2D eigenvalue weighted by Gasteiger charge is 2.08. The minimum absolute atomic E-state index is 0.209. The molecule has 4 nitrogen and oxygen atoms in total. The largest absolute Gasteiger partial charge is 0.469 e. The standard InChI is InChI=1S/C15H18N2O2S/c1-10(2)11-5-4-6-12(7-11)16-15-17-13(9-20-15)8-14(18)19-3/h4-7,9-10H,8H2,1-3H3,(H,16,17). The van der Waals surface area contributed by atoms with Crippen LogP contribution < -0.4 is 5.32 Å². The molecule has 0 fully saturated rings. The first-order valence-electron chi connectivity index (χ1n) is 6.46. The molecule has 2 aromatic rings. The zero-order chi connectivity index (χ0) is 14.5. The summed E-state index contributed by atoms with van der Waals surface area (Å²) in [4.78, 5) is 15.6. The number of benzene rings is 1. The van der Waals surface area contributed by atoms with Gasteiger partial charge in [0.15, 0.2) is 5.13 Å². The molecule has 1 aromatic carbocycles. The van der Waals surface area contributed by atoms with Gasteiger partial charge < -0.3 is 10.1 Å². The number of esters is 1. The van der Waals surface area contributed by atoms with Gasteiger partial charge in [0, 0.05) is 11.1 Å². The highest BCUT2D eigenvalue weighted by molar-refractivity contribution is 7.13. The average molecular weight is 290 g/mol. The van der Waals surface area contributed by atoms with Crippen LogP contribution in [0.2, 0.25) is 0 Å². The fourth-order valence-electron chi connectivity index (χ4n) is 1.76. The molecule has 1 heterocycles. The highest BCUT2D eigenvalue weighted by Crippen LogP contribution is 2.24. The second-order valence-corrected chi connectivity index (χ2v) is 5.66. The Morgan fingerprint density at radius 3 is 2.95 bits per heavy atom. The molecular formula is C15H18N2O2S. The van der Waals surface area contributed by atoms with Crippen LogP contribution in [0.1, 0.15) is 31.0 Å². The van der Waals surface area contributed by atoms with Crippen LogP contribution in [-0.4, -0.2) is 18.1 Å². The number of carbonyl (C=O) groups is 1. The molecule has 0 aliphatic carbocycles. The monoisotopic (exact) mass is 290 g/mol. The summed E-state index contributed by atoms with van der Waals surface area (Å²) in [6, 6.07) is 8.26. The van der Waals surface area contributed by atoms with Crippen LogP contribution >= 0.6 is 11.3 Å². The number of nitrogens with zero attached hydrogens (tertiary/aromatic N) is 1. The van der Waals surface area contributed by atoms with Crippen molar-refractivity contribution in [1.29, 1.82) is 0 Å². The molecule has 0 saturated heterocycles. The molecule has 0 spiro atoms. The number of nitrogens with one attached hydrogen (secondary N) is 1. The molecule has 0 aliphatic heterocycles. The SMILES string of the molecule is COC(=O)Cc1csc(Nc2cccc(C(C)C)c2)n1. The summed E-state index contributed by atoms with van der Waals surface area (Å²) in [5.74, 6) is 0.214. The predicted molar refractivity (Wildman–Crippen MR) is 81.6 cm³/mol. The van der Waals surface area contributed by atoms with Gasteiger partial charge in [-0.25, -0.2) is 4.98 Å². The topological polar surface area (TPSA) is 51.2 Å². The van der Waals surface area contributed by atoms with E-state index in [0.717, 1.165) is 16.5 Å². The van der Waals surface area contributed by atoms with Crippen LogP contribution in [0.5, 0.6) is 0 Å². The number of hydrogen-bond acceptors (Lipinski definition) is 5. The summed E-state index contributed by atoms with van der Waals surface area (Å²) in [7, 11) is 1.38. The minimum atomic E-state index is -0.274. The maximum atomic E-state index is 11.2. The van der Waals surface area contributed by atoms with Crippen LogP contribution in [0, 0.1) is 0 Å². The molecule has 106 valence electrons. The maximum Gasteiger partial charge on any atom is 0.311 e. The second kappa shape index (κ2) is 6.52. The lowest BCUT2D eigenvalue weighted by molar-refractivity contribution is -0.139. The number of thiazole rings is 1. The number of rotatable bonds is 5. The van der Waals surface area contributed by atoms with E-state index in [4.69, 9.17) is 0 Å². The smallest absolute Gasteiger partial charge is 0.311 e. The molecule has 0 amide bonds. The van der Waals surface area contributed by atoms with E-state index in [1.807, 2.05) is 17.5 Å². The Labute approximate surface area is 122 Å². The van der Waals surface area contributed by atoms with E-state index < -0.39 is 0 Å². The molecule has 1 aromatic heterocycles. The number of aromatic nitrogens is 1. The highest BCUT2D eigenvalue weighted by atomic mass is 32.1. The van der Waals surface area contributed by atoms with Gasteiger partial charge in [-0.1, -0.05) is 26.0 Å². The number of methoxy groups -OCH3 is 1. The first-order chi connectivity index (χ1) is 9.58. The fourth-order valence-corrected chi connectivity index (χ4v) is 2.50. The molecule has 1 N–H and O–H groups in total. The van der Waals surface area contributed by atoms with Crippen molar-refractivity contribution in [1.82, 2.24) is 4.98 Å². The van der Waals surface area contributed by atoms with Gasteiger partial charge in [0.25, 0.3) is 0 Å². The summed E-state index contributed by atoms with van der Waals surface area (Å²) in [6.45, 7) is 4.33. The molecule has 5 heteroatoms. The molecular weight excluding hydrogens is 272 g/mol. The lowest BCUT2D eigenvalue weighted by Gasteiger charge is -2.08. The number of ether oxygens (including phenoxy) is 1. The Morgan fingerprint density at radius 1 is 1.45 bits per heavy atom. The van der Waals surface area contributed by atoms with Crippen molar-refractivity contribution < 1.29 is 9.53 Å². The molecule has 20 heavy (non-hydrogen) atoms. The Balaban J connectivity index is 2.06. The summed E-state index contributed by atoms with van der Waals surface area (Å²) >= 11 is 1.48. The Hall–Kier alpha value is -1.88. The van der Waals surface area contributed by atoms with Crippen LogP contribution in [0.3, 0.4) is 0 Å². The van der Waals surface area contributed by atoms with Crippen molar-refractivity contribution in [3.8, 4) is 0 Å². The van der Waals surface area contributed by atoms with Gasteiger partial charge in [-0.2, -0.15) is 0 Å². The molecule has 0 bridgehead atoms. The first kappa shape index (κ1) is 14.5. The lowest BCUT2D eigenvalue weighted by Crippen LogP contribution is -2.04. The van der Waals surface area contributed by atoms with Gasteiger partial charge in [-0.05, 0) is 23.6 Å². The van der Waals surface area contributed by atoms with Crippen LogP contribution in [0.4, 0.5) is 10.8 Å². The fraction of sp³-hybridized carbons (Fsp3) is 0.333. The Morgan fingerprint density at radius 2 is 2.25 bits per heavy atom. The van der Waals surface area contributed by atoms with E-state index in [0.29, 0.717) is 5.92 Å². The van der Waals surface area contributed by atoms with Crippen molar-refractivity contribution in [3.63, 3.8) is 0 Å². The van der Waals surface area contributed by atoms with Gasteiger partial charge in [0.05, 0.1) is 19.2 Å². The maximum absolute atomic E-state index is 11.2. The summed E-state index contributed by atoms with van der Waals surface area (Å²) in [5.41, 5.74) is 3.01. The Bertz CT molecular complexity index is 593. The van der Waals surface area contributed by atoms with E-state index >= 15 is 0 Å². The molecule has 0 aliphatic rings. The van der Waals surface area contributed by atoms with Gasteiger partial charge in [0.2, 0.25) is 0 Å². The van der Waals surface area contributed by atoms with Crippen molar-refractivity contribution in [2.24, 2.45) is 0 Å². The van der Waals surface area contributed by atoms with E-state index in [-0.39, 0.29) is 12.4 Å². The first-order valence-corrected chi connectivity index (χ1v) is 7.34. The minimum Gasteiger partial charge on any atom is -0.469 e. The van der Waals surface area contributed by atoms with Crippen molar-refractivity contribution in [3.05, 3.63) is 40.9 Å². The van der Waals surface area contributed by atoms with Crippen molar-refractivity contribution >= 4 is 28.1 Å². The Kier molecular flexibility index (Phi) is 4.74. The molecule has 0 saturated carbocycles. The van der Waals surface area contributed by atoms with Crippen LogP contribution in [0.25, 0.3) is 0 Å². The van der Waals surface area contributed by atoms with E-state index in [1.54, 1.807) is 0 Å². The van der Waals surface area contributed by atoms with Gasteiger partial charge in [0.1, 0.15) is 0 Å². The molecule has 0 radical (unpaired) electrons. The third-order valence-corrected chi connectivity index (χ3v) is 3.72. The summed E-state index contributed by atoms with van der Waals surface area (Å²) in [5, 5.41) is 5.91. The normalized spacial score (nSPS) is 10.6. The third-order valence-electron chi connectivity index (χ3n) is 2.91. The molecule has 0 unspecified atom stereocenters. The predicted octanol–water partition coefficient (Wildman–Crippen LogP) is 3.73. The van der Waals surface area contributed by atoms with E-state index in [2.05, 4.69) is 41.0 Å². The zero-order valence-corrected chi connectivity index (χ0v) is 12.7. The average Bonchev–Trinajstić information content (AvgIpc) is 2.86. The number of anilines is 2. The molecule has 0 atom stereocenters. The molecule has 2 rings (SSSR count). The van der Waals surface area contributed by atoms with Crippen molar-refractivity contribution in [2.45, 2.75) is 26.2 Å². The van der Waals surface area contributed by atoms with E-state index in [1.165, 1.54) is 24.0 Å². The summed E-state index contributed by atoms with van der Waals surface area (Å²) in [6.07, 6.45) is 0.209. The second-order valence-electron chi connectivity index (χ2n) is 4.80. The van der Waals surface area contributed by atoms with Gasteiger partial charge in [-0.15, -0.1) is 11.3 Å². The van der Waals surface area contributed by atoms with Crippen LogP contribution in [-0.2, 0) is 16.0 Å². The number of carbonyl (C=O) groups excluding carboxylic acids is 1. The van der Waals surface area contributed by atoms with Crippen molar-refractivity contribution in [2.75, 3.05) is 12.4 Å². The number of hydrogen-bond donors (Lipinski definition) is 1. The third kappa shape index (κ3) is 3.81.